The predicted molar refractivity (Wildman–Crippen MR) is 147 cm³/mol. The number of hydrogen-bond acceptors (Lipinski definition) is 7. The van der Waals surface area contributed by atoms with Gasteiger partial charge in [0.15, 0.2) is 0 Å². The number of piperazine rings is 1. The number of para-hydroxylation sites is 2. The summed E-state index contributed by atoms with van der Waals surface area (Å²) in [5.74, 6) is -2.63. The number of aromatic nitrogens is 2. The number of carboxylic acids is 2. The van der Waals surface area contributed by atoms with Crippen molar-refractivity contribution in [1.29, 1.82) is 0 Å². The molecule has 1 aromatic heterocycles. The summed E-state index contributed by atoms with van der Waals surface area (Å²) in [5.41, 5.74) is 4.60. The van der Waals surface area contributed by atoms with Gasteiger partial charge in [-0.1, -0.05) is 36.4 Å². The van der Waals surface area contributed by atoms with Crippen LogP contribution in [0.25, 0.3) is 0 Å². The fraction of sp³-hybridized carbons (Fsp3) is 0.345. The van der Waals surface area contributed by atoms with E-state index in [0.717, 1.165) is 75.7 Å². The van der Waals surface area contributed by atoms with Crippen LogP contribution in [0.2, 0.25) is 0 Å². The molecule has 10 nitrogen and oxygen atoms in total. The Kier molecular flexibility index (Phi) is 9.58. The molecule has 2 aliphatic rings. The number of carbonyl (C=O) groups excluding carboxylic acids is 1. The van der Waals surface area contributed by atoms with Gasteiger partial charge >= 0.3 is 11.9 Å². The summed E-state index contributed by atoms with van der Waals surface area (Å²) in [6.07, 6.45) is 8.04. The van der Waals surface area contributed by atoms with E-state index in [1.54, 1.807) is 12.4 Å². The molecule has 2 aliphatic heterocycles. The molecule has 1 amide bonds. The smallest absolute Gasteiger partial charge is 0.414 e. The van der Waals surface area contributed by atoms with Crippen LogP contribution in [0.3, 0.4) is 0 Å². The first-order valence-corrected chi connectivity index (χ1v) is 13.1. The first-order valence-electron chi connectivity index (χ1n) is 13.1. The Labute approximate surface area is 227 Å². The summed E-state index contributed by atoms with van der Waals surface area (Å²) in [6.45, 7) is 4.96. The molecule has 0 unspecified atom stereocenters. The lowest BCUT2D eigenvalue weighted by molar-refractivity contribution is -0.159. The monoisotopic (exact) mass is 531 g/mol. The zero-order valence-corrected chi connectivity index (χ0v) is 21.8. The average molecular weight is 532 g/mol. The topological polar surface area (TPSA) is 127 Å². The highest BCUT2D eigenvalue weighted by Gasteiger charge is 2.25. The lowest BCUT2D eigenvalue weighted by Crippen LogP contribution is -2.47. The molecule has 2 N–H and O–H groups in total. The van der Waals surface area contributed by atoms with Crippen molar-refractivity contribution in [3.8, 4) is 0 Å². The number of hydrogen-bond donors (Lipinski definition) is 2. The first-order chi connectivity index (χ1) is 18.9. The average Bonchev–Trinajstić information content (AvgIpc) is 3.13. The number of fused-ring (bicyclic) bond motifs is 2. The fourth-order valence-electron chi connectivity index (χ4n) is 4.90. The molecule has 5 rings (SSSR count). The van der Waals surface area contributed by atoms with Crippen LogP contribution < -0.4 is 9.80 Å². The maximum atomic E-state index is 13.4. The van der Waals surface area contributed by atoms with Crippen molar-refractivity contribution in [1.82, 2.24) is 14.9 Å². The SMILES string of the molecule is O=C(CCCCN1CCN(c2ncccn2)CC1)N1c2ccccc2CCc2ccccc21.O=C(O)C(=O)O. The molecule has 0 aliphatic carbocycles. The highest BCUT2D eigenvalue weighted by Crippen LogP contribution is 2.36. The second kappa shape index (κ2) is 13.5. The molecule has 1 fully saturated rings. The van der Waals surface area contributed by atoms with Crippen molar-refractivity contribution >= 4 is 35.2 Å². The maximum Gasteiger partial charge on any atom is 0.414 e. The number of carboxylic acid groups (broad SMARTS) is 2. The number of carbonyl (C=O) groups is 3. The van der Waals surface area contributed by atoms with Crippen LogP contribution in [0, 0.1) is 0 Å². The first kappa shape index (κ1) is 27.7. The van der Waals surface area contributed by atoms with E-state index in [-0.39, 0.29) is 5.91 Å². The maximum absolute atomic E-state index is 13.4. The molecule has 0 radical (unpaired) electrons. The molecule has 0 saturated carbocycles. The molecule has 3 heterocycles. The predicted octanol–water partition coefficient (Wildman–Crippen LogP) is 3.39. The summed E-state index contributed by atoms with van der Waals surface area (Å²) in [6, 6.07) is 18.5. The van der Waals surface area contributed by atoms with Crippen LogP contribution in [-0.2, 0) is 27.2 Å². The Morgan fingerprint density at radius 1 is 0.718 bits per heavy atom. The van der Waals surface area contributed by atoms with Gasteiger partial charge in [-0.15, -0.1) is 0 Å². The normalized spacial score (nSPS) is 14.8. The quantitative estimate of drug-likeness (QED) is 0.363. The highest BCUT2D eigenvalue weighted by atomic mass is 16.4. The highest BCUT2D eigenvalue weighted by molar-refractivity contribution is 6.27. The van der Waals surface area contributed by atoms with Gasteiger partial charge in [0.25, 0.3) is 0 Å². The lowest BCUT2D eigenvalue weighted by Gasteiger charge is -2.34. The number of amides is 1. The Hall–Kier alpha value is -4.31. The number of benzene rings is 2. The molecule has 2 aromatic carbocycles. The second-order valence-electron chi connectivity index (χ2n) is 9.43. The zero-order valence-electron chi connectivity index (χ0n) is 21.8. The summed E-state index contributed by atoms with van der Waals surface area (Å²) < 4.78 is 0. The van der Waals surface area contributed by atoms with Gasteiger partial charge in [-0.05, 0) is 61.6 Å². The van der Waals surface area contributed by atoms with Crippen molar-refractivity contribution < 1.29 is 24.6 Å². The van der Waals surface area contributed by atoms with Gasteiger partial charge < -0.3 is 15.1 Å². The van der Waals surface area contributed by atoms with Crippen LogP contribution in [-0.4, -0.2) is 75.7 Å². The number of anilines is 3. The van der Waals surface area contributed by atoms with Crippen LogP contribution in [0.4, 0.5) is 17.3 Å². The number of aliphatic carboxylic acids is 2. The van der Waals surface area contributed by atoms with E-state index < -0.39 is 11.9 Å². The number of unbranched alkanes of at least 4 members (excludes halogenated alkanes) is 1. The lowest BCUT2D eigenvalue weighted by atomic mass is 10.0. The number of nitrogens with zero attached hydrogens (tertiary/aromatic N) is 5. The molecular weight excluding hydrogens is 498 g/mol. The van der Waals surface area contributed by atoms with Gasteiger partial charge in [-0.2, -0.15) is 0 Å². The number of rotatable bonds is 6. The van der Waals surface area contributed by atoms with Gasteiger partial charge in [-0.3, -0.25) is 14.6 Å². The van der Waals surface area contributed by atoms with E-state index in [1.165, 1.54) is 11.1 Å². The third-order valence-electron chi connectivity index (χ3n) is 6.88. The standard InChI is InChI=1S/C27H31N5O.C2H2O4/c33-26(12-5-6-17-30-18-20-31(21-19-30)27-28-15-7-16-29-27)32-24-10-3-1-8-22(24)13-14-23-9-2-4-11-25(23)32;3-1(4)2(5)6/h1-4,7-11,15-16H,5-6,12-14,17-21H2;(H,3,4)(H,5,6). The van der Waals surface area contributed by atoms with Crippen molar-refractivity contribution in [2.75, 3.05) is 42.5 Å². The molecule has 1 saturated heterocycles. The molecule has 10 heteroatoms. The molecular formula is C29H33N5O5. The van der Waals surface area contributed by atoms with E-state index in [1.807, 2.05) is 23.1 Å². The van der Waals surface area contributed by atoms with E-state index in [2.05, 4.69) is 56.2 Å². The van der Waals surface area contributed by atoms with Crippen molar-refractivity contribution in [2.45, 2.75) is 32.1 Å². The van der Waals surface area contributed by atoms with Crippen molar-refractivity contribution in [3.63, 3.8) is 0 Å². The third kappa shape index (κ3) is 7.38. The minimum atomic E-state index is -1.82. The molecule has 0 spiro atoms. The van der Waals surface area contributed by atoms with Gasteiger partial charge in [0.05, 0.1) is 11.4 Å². The van der Waals surface area contributed by atoms with Crippen molar-refractivity contribution in [3.05, 3.63) is 78.1 Å². The van der Waals surface area contributed by atoms with Crippen LogP contribution in [0.15, 0.2) is 67.0 Å². The Morgan fingerprint density at radius 3 is 1.79 bits per heavy atom. The second-order valence-corrected chi connectivity index (χ2v) is 9.43. The number of aryl methyl sites for hydroxylation is 2. The third-order valence-corrected chi connectivity index (χ3v) is 6.88. The minimum absolute atomic E-state index is 0.197. The van der Waals surface area contributed by atoms with Gasteiger partial charge in [0.1, 0.15) is 0 Å². The van der Waals surface area contributed by atoms with Crippen LogP contribution in [0.5, 0.6) is 0 Å². The molecule has 0 bridgehead atoms. The summed E-state index contributed by atoms with van der Waals surface area (Å²) >= 11 is 0. The van der Waals surface area contributed by atoms with E-state index in [9.17, 15) is 4.79 Å². The Morgan fingerprint density at radius 2 is 1.26 bits per heavy atom. The van der Waals surface area contributed by atoms with Gasteiger partial charge in [0, 0.05) is 45.0 Å². The molecule has 204 valence electrons. The van der Waals surface area contributed by atoms with E-state index >= 15 is 0 Å². The van der Waals surface area contributed by atoms with Crippen LogP contribution >= 0.6 is 0 Å². The Balaban J connectivity index is 0.000000531. The molecule has 0 atom stereocenters. The summed E-state index contributed by atoms with van der Waals surface area (Å²) in [4.78, 5) is 47.0. The largest absolute Gasteiger partial charge is 0.473 e. The Bertz CT molecular complexity index is 1220. The fourth-order valence-corrected chi connectivity index (χ4v) is 4.90. The van der Waals surface area contributed by atoms with Crippen LogP contribution in [0.1, 0.15) is 30.4 Å². The van der Waals surface area contributed by atoms with E-state index in [4.69, 9.17) is 19.8 Å². The molecule has 39 heavy (non-hydrogen) atoms. The van der Waals surface area contributed by atoms with Gasteiger partial charge in [0.2, 0.25) is 11.9 Å². The van der Waals surface area contributed by atoms with Gasteiger partial charge in [-0.25, -0.2) is 19.6 Å². The van der Waals surface area contributed by atoms with Crippen molar-refractivity contribution in [2.24, 2.45) is 0 Å². The van der Waals surface area contributed by atoms with E-state index in [0.29, 0.717) is 6.42 Å². The zero-order chi connectivity index (χ0) is 27.6. The summed E-state index contributed by atoms with van der Waals surface area (Å²) in [5, 5.41) is 14.8. The minimum Gasteiger partial charge on any atom is -0.473 e. The molecule has 3 aromatic rings. The summed E-state index contributed by atoms with van der Waals surface area (Å²) in [7, 11) is 0.